The van der Waals surface area contributed by atoms with Crippen molar-refractivity contribution in [2.24, 2.45) is 0 Å². The van der Waals surface area contributed by atoms with Crippen LogP contribution in [-0.2, 0) is 4.79 Å². The van der Waals surface area contributed by atoms with Gasteiger partial charge in [-0.15, -0.1) is 0 Å². The number of anilines is 2. The van der Waals surface area contributed by atoms with Gasteiger partial charge in [-0.2, -0.15) is 0 Å². The van der Waals surface area contributed by atoms with Gasteiger partial charge in [0.05, 0.1) is 11.4 Å². The number of ether oxygens (including phenoxy) is 2. The smallest absolute Gasteiger partial charge is 0.230 e. The molecule has 1 amide bonds. The molecule has 5 heteroatoms. The van der Waals surface area contributed by atoms with E-state index in [9.17, 15) is 4.79 Å². The Kier molecular flexibility index (Phi) is 4.44. The van der Waals surface area contributed by atoms with Crippen molar-refractivity contribution in [2.45, 2.75) is 6.92 Å². The molecule has 0 aliphatic heterocycles. The van der Waals surface area contributed by atoms with E-state index in [1.165, 1.54) is 6.92 Å². The maximum Gasteiger partial charge on any atom is 0.230 e. The van der Waals surface area contributed by atoms with E-state index in [1.807, 2.05) is 30.3 Å². The Morgan fingerprint density at radius 1 is 1.10 bits per heavy atom. The number of rotatable bonds is 5. The quantitative estimate of drug-likeness (QED) is 0.648. The Morgan fingerprint density at radius 2 is 1.80 bits per heavy atom. The molecule has 0 saturated carbocycles. The average molecular weight is 272 g/mol. The van der Waals surface area contributed by atoms with E-state index in [0.717, 1.165) is 5.75 Å². The Bertz CT molecular complexity index is 585. The summed E-state index contributed by atoms with van der Waals surface area (Å²) in [5, 5.41) is 2.64. The number of amides is 1. The second-order valence-electron chi connectivity index (χ2n) is 4.15. The highest BCUT2D eigenvalue weighted by molar-refractivity contribution is 5.92. The van der Waals surface area contributed by atoms with E-state index in [-0.39, 0.29) is 12.7 Å². The third-order valence-corrected chi connectivity index (χ3v) is 2.53. The lowest BCUT2D eigenvalue weighted by atomic mass is 10.2. The second kappa shape index (κ2) is 6.47. The Morgan fingerprint density at radius 3 is 2.50 bits per heavy atom. The fourth-order valence-electron chi connectivity index (χ4n) is 1.61. The van der Waals surface area contributed by atoms with E-state index in [2.05, 4.69) is 5.32 Å². The Hall–Kier alpha value is -2.69. The first-order valence-corrected chi connectivity index (χ1v) is 6.13. The number of para-hydroxylation sites is 1. The summed E-state index contributed by atoms with van der Waals surface area (Å²) in [7, 11) is 0. The van der Waals surface area contributed by atoms with Crippen molar-refractivity contribution in [3.8, 4) is 11.5 Å². The summed E-state index contributed by atoms with van der Waals surface area (Å²) in [5.74, 6) is 1.11. The van der Waals surface area contributed by atoms with Crippen LogP contribution in [0.2, 0.25) is 0 Å². The fourth-order valence-corrected chi connectivity index (χ4v) is 1.61. The van der Waals surface area contributed by atoms with Gasteiger partial charge in [0.1, 0.15) is 11.5 Å². The molecule has 0 saturated heterocycles. The predicted molar refractivity (Wildman–Crippen MR) is 77.7 cm³/mol. The van der Waals surface area contributed by atoms with Crippen LogP contribution in [0.25, 0.3) is 0 Å². The highest BCUT2D eigenvalue weighted by Gasteiger charge is 2.04. The topological polar surface area (TPSA) is 73.6 Å². The normalized spacial score (nSPS) is 9.85. The van der Waals surface area contributed by atoms with Gasteiger partial charge in [0.25, 0.3) is 0 Å². The zero-order valence-electron chi connectivity index (χ0n) is 11.1. The summed E-state index contributed by atoms with van der Waals surface area (Å²) >= 11 is 0. The standard InChI is InChI=1S/C15H16N2O3/c1-11(18)17-15-9-13(7-8-14(15)16)20-10-19-12-5-3-2-4-6-12/h2-9H,10,16H2,1H3,(H,17,18). The molecule has 2 aromatic rings. The van der Waals surface area contributed by atoms with E-state index < -0.39 is 0 Å². The van der Waals surface area contributed by atoms with Crippen LogP contribution in [0.4, 0.5) is 11.4 Å². The van der Waals surface area contributed by atoms with Crippen molar-refractivity contribution >= 4 is 17.3 Å². The maximum absolute atomic E-state index is 11.0. The minimum Gasteiger partial charge on any atom is -0.458 e. The van der Waals surface area contributed by atoms with Gasteiger partial charge < -0.3 is 20.5 Å². The number of nitrogens with one attached hydrogen (secondary N) is 1. The summed E-state index contributed by atoms with van der Waals surface area (Å²) in [6.45, 7) is 1.50. The third kappa shape index (κ3) is 3.91. The molecular formula is C15H16N2O3. The monoisotopic (exact) mass is 272 g/mol. The Labute approximate surface area is 117 Å². The van der Waals surface area contributed by atoms with Gasteiger partial charge >= 0.3 is 0 Å². The minimum atomic E-state index is -0.186. The molecule has 0 aliphatic rings. The summed E-state index contributed by atoms with van der Waals surface area (Å²) < 4.78 is 10.9. The number of nitrogen functional groups attached to an aromatic ring is 1. The largest absolute Gasteiger partial charge is 0.458 e. The number of hydrogen-bond donors (Lipinski definition) is 2. The number of nitrogens with two attached hydrogens (primary N) is 1. The SMILES string of the molecule is CC(=O)Nc1cc(OCOc2ccccc2)ccc1N. The summed E-state index contributed by atoms with van der Waals surface area (Å²) in [6.07, 6.45) is 0. The summed E-state index contributed by atoms with van der Waals surface area (Å²) in [4.78, 5) is 11.0. The molecule has 0 atom stereocenters. The van der Waals surface area contributed by atoms with Crippen LogP contribution in [-0.4, -0.2) is 12.7 Å². The molecule has 0 radical (unpaired) electrons. The zero-order chi connectivity index (χ0) is 14.4. The highest BCUT2D eigenvalue weighted by atomic mass is 16.7. The van der Waals surface area contributed by atoms with Crippen LogP contribution < -0.4 is 20.5 Å². The Balaban J connectivity index is 1.94. The molecule has 3 N–H and O–H groups in total. The first-order valence-electron chi connectivity index (χ1n) is 6.13. The van der Waals surface area contributed by atoms with Crippen molar-refractivity contribution in [1.82, 2.24) is 0 Å². The van der Waals surface area contributed by atoms with E-state index >= 15 is 0 Å². The number of carbonyl (C=O) groups excluding carboxylic acids is 1. The van der Waals surface area contributed by atoms with Crippen molar-refractivity contribution in [1.29, 1.82) is 0 Å². The van der Waals surface area contributed by atoms with Crippen molar-refractivity contribution < 1.29 is 14.3 Å². The molecule has 0 aliphatic carbocycles. The van der Waals surface area contributed by atoms with Gasteiger partial charge in [-0.05, 0) is 24.3 Å². The number of carbonyl (C=O) groups is 1. The highest BCUT2D eigenvalue weighted by Crippen LogP contribution is 2.24. The predicted octanol–water partition coefficient (Wildman–Crippen LogP) is 2.64. The van der Waals surface area contributed by atoms with Crippen LogP contribution in [0, 0.1) is 0 Å². The second-order valence-corrected chi connectivity index (χ2v) is 4.15. The third-order valence-electron chi connectivity index (χ3n) is 2.53. The van der Waals surface area contributed by atoms with Crippen molar-refractivity contribution in [3.63, 3.8) is 0 Å². The molecule has 0 spiro atoms. The van der Waals surface area contributed by atoms with Gasteiger partial charge in [-0.1, -0.05) is 18.2 Å². The molecule has 20 heavy (non-hydrogen) atoms. The summed E-state index contributed by atoms with van der Waals surface area (Å²) in [5.41, 5.74) is 6.76. The van der Waals surface area contributed by atoms with Crippen LogP contribution in [0.15, 0.2) is 48.5 Å². The molecule has 2 aromatic carbocycles. The fraction of sp³-hybridized carbons (Fsp3) is 0.133. The molecule has 5 nitrogen and oxygen atoms in total. The molecule has 0 aromatic heterocycles. The van der Waals surface area contributed by atoms with Gasteiger partial charge in [-0.3, -0.25) is 4.79 Å². The minimum absolute atomic E-state index is 0.0768. The molecule has 104 valence electrons. The first-order chi connectivity index (χ1) is 9.65. The molecule has 0 bridgehead atoms. The van der Waals surface area contributed by atoms with E-state index in [0.29, 0.717) is 17.1 Å². The molecule has 2 rings (SSSR count). The van der Waals surface area contributed by atoms with Crippen LogP contribution >= 0.6 is 0 Å². The van der Waals surface area contributed by atoms with Crippen LogP contribution in [0.5, 0.6) is 11.5 Å². The summed E-state index contributed by atoms with van der Waals surface area (Å²) in [6, 6.07) is 14.4. The van der Waals surface area contributed by atoms with Gasteiger partial charge in [0, 0.05) is 13.0 Å². The van der Waals surface area contributed by atoms with Gasteiger partial charge in [0.15, 0.2) is 0 Å². The zero-order valence-corrected chi connectivity index (χ0v) is 11.1. The van der Waals surface area contributed by atoms with Crippen LogP contribution in [0.1, 0.15) is 6.92 Å². The first kappa shape index (κ1) is 13.7. The van der Waals surface area contributed by atoms with Crippen molar-refractivity contribution in [2.75, 3.05) is 17.8 Å². The van der Waals surface area contributed by atoms with Gasteiger partial charge in [0.2, 0.25) is 12.7 Å². The number of hydrogen-bond acceptors (Lipinski definition) is 4. The molecule has 0 fully saturated rings. The van der Waals surface area contributed by atoms with E-state index in [1.54, 1.807) is 18.2 Å². The molecule has 0 heterocycles. The molecule has 0 unspecified atom stereocenters. The van der Waals surface area contributed by atoms with Gasteiger partial charge in [-0.25, -0.2) is 0 Å². The molecular weight excluding hydrogens is 256 g/mol. The lowest BCUT2D eigenvalue weighted by Gasteiger charge is -2.11. The lowest BCUT2D eigenvalue weighted by molar-refractivity contribution is -0.114. The lowest BCUT2D eigenvalue weighted by Crippen LogP contribution is -2.09. The average Bonchev–Trinajstić information content (AvgIpc) is 2.43. The van der Waals surface area contributed by atoms with Crippen LogP contribution in [0.3, 0.4) is 0 Å². The van der Waals surface area contributed by atoms with E-state index in [4.69, 9.17) is 15.2 Å². The number of benzene rings is 2. The van der Waals surface area contributed by atoms with Crippen molar-refractivity contribution in [3.05, 3.63) is 48.5 Å². The maximum atomic E-state index is 11.0.